The number of aromatic nitrogens is 2. The molecule has 0 aromatic carbocycles. The summed E-state index contributed by atoms with van der Waals surface area (Å²) in [6.07, 6.45) is 3.40. The Labute approximate surface area is 93.4 Å². The molecule has 0 spiro atoms. The first-order valence-corrected chi connectivity index (χ1v) is 3.59. The number of rotatable bonds is 2. The molecule has 0 radical (unpaired) electrons. The molecule has 6 nitrogen and oxygen atoms in total. The molecule has 0 saturated heterocycles. The number of nitrogens with two attached hydrogens (primary N) is 2. The van der Waals surface area contributed by atoms with Crippen LogP contribution in [0.5, 0.6) is 0 Å². The fourth-order valence-corrected chi connectivity index (χ4v) is 0.755. The lowest BCUT2D eigenvalue weighted by atomic mass is 10.6. The molecule has 13 heavy (non-hydrogen) atoms. The summed E-state index contributed by atoms with van der Waals surface area (Å²) in [5.74, 6) is 5.20. The lowest BCUT2D eigenvalue weighted by molar-refractivity contribution is 0.660. The summed E-state index contributed by atoms with van der Waals surface area (Å²) in [5.41, 5.74) is 8.25. The molecule has 74 valence electrons. The maximum absolute atomic E-state index is 5.33. The Morgan fingerprint density at radius 3 is 2.92 bits per heavy atom. The van der Waals surface area contributed by atoms with E-state index in [2.05, 4.69) is 15.5 Å². The fraction of sp³-hybridized carbons (Fsp3) is 0.333. The number of hydrogen-bond donors (Lipinski definition) is 3. The van der Waals surface area contributed by atoms with Gasteiger partial charge in [0.1, 0.15) is 5.69 Å². The van der Waals surface area contributed by atoms with E-state index >= 15 is 0 Å². The summed E-state index contributed by atoms with van der Waals surface area (Å²) in [7, 11) is 0. The molecule has 0 aliphatic heterocycles. The lowest BCUT2D eigenvalue weighted by Crippen LogP contribution is -2.36. The van der Waals surface area contributed by atoms with Crippen molar-refractivity contribution in [2.45, 2.75) is 13.5 Å². The van der Waals surface area contributed by atoms with Gasteiger partial charge in [-0.05, 0) is 6.92 Å². The average Bonchev–Trinajstić information content (AvgIpc) is 2.52. The van der Waals surface area contributed by atoms with Gasteiger partial charge in [-0.3, -0.25) is 10.1 Å². The molecule has 1 heterocycles. The van der Waals surface area contributed by atoms with Gasteiger partial charge in [0.25, 0.3) is 0 Å². The van der Waals surface area contributed by atoms with E-state index in [0.717, 1.165) is 6.54 Å². The fourth-order valence-electron chi connectivity index (χ4n) is 0.755. The molecule has 0 fully saturated rings. The summed E-state index contributed by atoms with van der Waals surface area (Å²) in [6.45, 7) is 2.80. The largest absolute Gasteiger partial charge is 0.369 e. The predicted molar refractivity (Wildman–Crippen MR) is 61.9 cm³/mol. The van der Waals surface area contributed by atoms with E-state index in [9.17, 15) is 0 Å². The molecular weight excluding hydrogens is 283 g/mol. The zero-order chi connectivity index (χ0) is 8.97. The number of hydrazine groups is 1. The van der Waals surface area contributed by atoms with Crippen molar-refractivity contribution in [3.05, 3.63) is 12.4 Å². The van der Waals surface area contributed by atoms with Crippen LogP contribution in [0.3, 0.4) is 0 Å². The molecule has 5 N–H and O–H groups in total. The highest BCUT2D eigenvalue weighted by Gasteiger charge is 1.94. The van der Waals surface area contributed by atoms with Crippen LogP contribution in [0.1, 0.15) is 6.92 Å². The number of guanidine groups is 1. The first-order chi connectivity index (χ1) is 5.76. The summed E-state index contributed by atoms with van der Waals surface area (Å²) in [5, 5.41) is 4.01. The van der Waals surface area contributed by atoms with Crippen molar-refractivity contribution in [3.63, 3.8) is 0 Å². The van der Waals surface area contributed by atoms with Crippen molar-refractivity contribution in [3.8, 4) is 0 Å². The van der Waals surface area contributed by atoms with Gasteiger partial charge >= 0.3 is 0 Å². The molecule has 1 aromatic heterocycles. The number of halogens is 1. The van der Waals surface area contributed by atoms with Crippen molar-refractivity contribution in [2.24, 2.45) is 16.6 Å². The quantitative estimate of drug-likeness (QED) is 0.234. The predicted octanol–water partition coefficient (Wildman–Crippen LogP) is -0.0695. The minimum atomic E-state index is 0. The Hall–Kier alpha value is -0.830. The van der Waals surface area contributed by atoms with Crippen molar-refractivity contribution in [1.82, 2.24) is 15.2 Å². The van der Waals surface area contributed by atoms with Gasteiger partial charge in [0, 0.05) is 6.54 Å². The van der Waals surface area contributed by atoms with E-state index in [1.807, 2.05) is 6.92 Å². The van der Waals surface area contributed by atoms with Crippen LogP contribution in [-0.2, 0) is 6.54 Å². The van der Waals surface area contributed by atoms with Crippen LogP contribution in [0.2, 0.25) is 0 Å². The molecule has 0 unspecified atom stereocenters. The topological polar surface area (TPSA) is 94.2 Å². The molecule has 1 aromatic rings. The van der Waals surface area contributed by atoms with E-state index in [0.29, 0.717) is 5.69 Å². The first-order valence-electron chi connectivity index (χ1n) is 3.59. The highest BCUT2D eigenvalue weighted by molar-refractivity contribution is 14.0. The van der Waals surface area contributed by atoms with Crippen LogP contribution in [-0.4, -0.2) is 15.7 Å². The maximum atomic E-state index is 5.33. The average molecular weight is 296 g/mol. The van der Waals surface area contributed by atoms with Gasteiger partial charge < -0.3 is 5.73 Å². The van der Waals surface area contributed by atoms with E-state index in [-0.39, 0.29) is 29.9 Å². The van der Waals surface area contributed by atoms with Gasteiger partial charge in [0.15, 0.2) is 0 Å². The second-order valence-corrected chi connectivity index (χ2v) is 2.20. The van der Waals surface area contributed by atoms with Crippen molar-refractivity contribution < 1.29 is 0 Å². The zero-order valence-corrected chi connectivity index (χ0v) is 9.60. The molecule has 0 saturated carbocycles. The first kappa shape index (κ1) is 12.2. The molecule has 0 aliphatic rings. The van der Waals surface area contributed by atoms with E-state index < -0.39 is 0 Å². The van der Waals surface area contributed by atoms with Crippen LogP contribution in [0, 0.1) is 0 Å². The Kier molecular flexibility index (Phi) is 5.39. The summed E-state index contributed by atoms with van der Waals surface area (Å²) >= 11 is 0. The van der Waals surface area contributed by atoms with E-state index in [1.54, 1.807) is 17.1 Å². The third kappa shape index (κ3) is 3.59. The van der Waals surface area contributed by atoms with Crippen LogP contribution in [0.4, 0.5) is 5.69 Å². The second kappa shape index (κ2) is 5.75. The van der Waals surface area contributed by atoms with Crippen LogP contribution >= 0.6 is 24.0 Å². The van der Waals surface area contributed by atoms with E-state index in [1.165, 1.54) is 0 Å². The number of aryl methyl sites for hydroxylation is 1. The third-order valence-electron chi connectivity index (χ3n) is 1.34. The van der Waals surface area contributed by atoms with Crippen molar-refractivity contribution in [1.29, 1.82) is 0 Å². The number of nitrogens with zero attached hydrogens (tertiary/aromatic N) is 3. The summed E-state index contributed by atoms with van der Waals surface area (Å²) < 4.78 is 1.75. The normalized spacial score (nSPS) is 10.8. The summed E-state index contributed by atoms with van der Waals surface area (Å²) in [6, 6.07) is 0. The summed E-state index contributed by atoms with van der Waals surface area (Å²) in [4.78, 5) is 3.92. The Balaban J connectivity index is 0.00000144. The molecular formula is C6H13IN6. The van der Waals surface area contributed by atoms with Gasteiger partial charge in [-0.1, -0.05) is 0 Å². The van der Waals surface area contributed by atoms with Crippen LogP contribution < -0.4 is 17.0 Å². The number of aliphatic imine (C=N–C) groups is 1. The van der Waals surface area contributed by atoms with Gasteiger partial charge in [-0.15, -0.1) is 24.0 Å². The third-order valence-corrected chi connectivity index (χ3v) is 1.34. The van der Waals surface area contributed by atoms with Crippen LogP contribution in [0.15, 0.2) is 17.4 Å². The smallest absolute Gasteiger partial charge is 0.208 e. The SMILES string of the molecule is CCn1cc(N=C(N)NN)cn1.I. The molecule has 0 bridgehead atoms. The van der Waals surface area contributed by atoms with Crippen LogP contribution in [0.25, 0.3) is 0 Å². The second-order valence-electron chi connectivity index (χ2n) is 2.20. The van der Waals surface area contributed by atoms with Gasteiger partial charge in [0.05, 0.1) is 12.4 Å². The molecule has 7 heteroatoms. The molecule has 0 amide bonds. The monoisotopic (exact) mass is 296 g/mol. The lowest BCUT2D eigenvalue weighted by Gasteiger charge is -1.94. The molecule has 0 atom stereocenters. The Bertz CT molecular complexity index is 280. The molecule has 0 aliphatic carbocycles. The van der Waals surface area contributed by atoms with Gasteiger partial charge in [-0.25, -0.2) is 10.8 Å². The highest BCUT2D eigenvalue weighted by atomic mass is 127. The standard InChI is InChI=1S/C6H12N6.HI/c1-2-12-4-5(3-9-12)10-6(7)11-8;/h3-4H,2,8H2,1H3,(H3,7,10,11);1H. The minimum Gasteiger partial charge on any atom is -0.369 e. The molecule has 1 rings (SSSR count). The Morgan fingerprint density at radius 1 is 1.77 bits per heavy atom. The van der Waals surface area contributed by atoms with E-state index in [4.69, 9.17) is 11.6 Å². The maximum Gasteiger partial charge on any atom is 0.208 e. The van der Waals surface area contributed by atoms with Crippen molar-refractivity contribution >= 4 is 35.6 Å². The highest BCUT2D eigenvalue weighted by Crippen LogP contribution is 2.07. The van der Waals surface area contributed by atoms with Gasteiger partial charge in [0.2, 0.25) is 5.96 Å². The van der Waals surface area contributed by atoms with Gasteiger partial charge in [-0.2, -0.15) is 5.10 Å². The number of nitrogens with one attached hydrogen (secondary N) is 1. The minimum absolute atomic E-state index is 0. The number of hydrogen-bond acceptors (Lipinski definition) is 3. The zero-order valence-electron chi connectivity index (χ0n) is 7.27. The Morgan fingerprint density at radius 2 is 2.46 bits per heavy atom. The van der Waals surface area contributed by atoms with Crippen molar-refractivity contribution in [2.75, 3.05) is 0 Å².